The molecule has 2 aromatic rings. The van der Waals surface area contributed by atoms with Crippen LogP contribution in [0.25, 0.3) is 0 Å². The minimum Gasteiger partial charge on any atom is -0.352 e. The smallest absolute Gasteiger partial charge is 0.352 e. The zero-order chi connectivity index (χ0) is 20.9. The number of hydrogen-bond acceptors (Lipinski definition) is 2. The van der Waals surface area contributed by atoms with E-state index in [1.54, 1.807) is 0 Å². The third-order valence-electron chi connectivity index (χ3n) is 4.51. The first-order valence-corrected chi connectivity index (χ1v) is 9.04. The normalized spacial score (nSPS) is 11.9. The largest absolute Gasteiger partial charge is 0.416 e. The highest BCUT2D eigenvalue weighted by molar-refractivity contribution is 14.0. The lowest BCUT2D eigenvalue weighted by Gasteiger charge is -2.16. The van der Waals surface area contributed by atoms with Crippen LogP contribution in [0.2, 0.25) is 0 Å². The first kappa shape index (κ1) is 25.2. The van der Waals surface area contributed by atoms with Crippen molar-refractivity contribution >= 4 is 29.9 Å². The maximum Gasteiger partial charge on any atom is 0.416 e. The van der Waals surface area contributed by atoms with Gasteiger partial charge in [-0.05, 0) is 30.5 Å². The number of halogens is 5. The topological polar surface area (TPSA) is 54.2 Å². The van der Waals surface area contributed by atoms with Gasteiger partial charge < -0.3 is 10.6 Å². The van der Waals surface area contributed by atoms with Gasteiger partial charge in [-0.1, -0.05) is 19.9 Å². The Hall–Kier alpha value is -1.85. The molecule has 0 aliphatic carbocycles. The van der Waals surface area contributed by atoms with E-state index in [0.29, 0.717) is 18.6 Å². The Balaban J connectivity index is 0.00000420. The number of hydrogen-bond donors (Lipinski definition) is 2. The molecule has 0 aliphatic rings. The molecule has 162 valence electrons. The van der Waals surface area contributed by atoms with Gasteiger partial charge in [0.05, 0.1) is 11.3 Å². The van der Waals surface area contributed by atoms with Crippen molar-refractivity contribution in [3.63, 3.8) is 0 Å². The number of nitrogens with zero attached hydrogens (tertiary/aromatic N) is 3. The van der Waals surface area contributed by atoms with Gasteiger partial charge in [0.2, 0.25) is 0 Å². The first-order valence-electron chi connectivity index (χ1n) is 9.04. The predicted octanol–water partition coefficient (Wildman–Crippen LogP) is 4.19. The highest BCUT2D eigenvalue weighted by atomic mass is 127. The summed E-state index contributed by atoms with van der Waals surface area (Å²) in [7, 11) is 3.43. The second kappa shape index (κ2) is 10.8. The Morgan fingerprint density at radius 3 is 2.34 bits per heavy atom. The molecule has 5 nitrogen and oxygen atoms in total. The number of rotatable bonds is 6. The molecular formula is C19H26F4IN5. The summed E-state index contributed by atoms with van der Waals surface area (Å²) >= 11 is 0. The van der Waals surface area contributed by atoms with Crippen LogP contribution in [-0.4, -0.2) is 22.8 Å². The SMILES string of the molecule is CCc1nn(C)c(CC)c1CNC(=NC)NCc1ccc(F)cc1C(F)(F)F.I. The third-order valence-corrected chi connectivity index (χ3v) is 4.51. The van der Waals surface area contributed by atoms with E-state index >= 15 is 0 Å². The molecule has 0 aliphatic heterocycles. The summed E-state index contributed by atoms with van der Waals surface area (Å²) in [6.07, 6.45) is -3.03. The Morgan fingerprint density at radius 1 is 1.14 bits per heavy atom. The number of benzene rings is 1. The zero-order valence-corrected chi connectivity index (χ0v) is 19.2. The number of alkyl halides is 3. The number of aryl methyl sites for hydroxylation is 2. The Morgan fingerprint density at radius 2 is 1.79 bits per heavy atom. The first-order chi connectivity index (χ1) is 13.2. The highest BCUT2D eigenvalue weighted by Crippen LogP contribution is 2.32. The van der Waals surface area contributed by atoms with E-state index in [-0.39, 0.29) is 36.1 Å². The van der Waals surface area contributed by atoms with E-state index in [9.17, 15) is 17.6 Å². The second-order valence-electron chi connectivity index (χ2n) is 6.28. The van der Waals surface area contributed by atoms with Crippen molar-refractivity contribution in [2.24, 2.45) is 12.0 Å². The van der Waals surface area contributed by atoms with E-state index < -0.39 is 17.6 Å². The fourth-order valence-corrected chi connectivity index (χ4v) is 3.13. The number of nitrogens with one attached hydrogen (secondary N) is 2. The summed E-state index contributed by atoms with van der Waals surface area (Å²) in [5.41, 5.74) is 2.08. The molecule has 1 aromatic heterocycles. The summed E-state index contributed by atoms with van der Waals surface area (Å²) < 4.78 is 54.4. The average Bonchev–Trinajstić information content (AvgIpc) is 2.96. The molecule has 0 fully saturated rings. The van der Waals surface area contributed by atoms with Crippen molar-refractivity contribution in [2.45, 2.75) is 46.0 Å². The van der Waals surface area contributed by atoms with E-state index in [1.165, 1.54) is 7.05 Å². The Kier molecular flexibility index (Phi) is 9.37. The lowest BCUT2D eigenvalue weighted by molar-refractivity contribution is -0.138. The van der Waals surface area contributed by atoms with Crippen LogP contribution in [0.4, 0.5) is 17.6 Å². The summed E-state index contributed by atoms with van der Waals surface area (Å²) in [6, 6.07) is 2.65. The van der Waals surface area contributed by atoms with Crippen molar-refractivity contribution in [1.29, 1.82) is 0 Å². The molecule has 0 amide bonds. The van der Waals surface area contributed by atoms with E-state index in [4.69, 9.17) is 0 Å². The Bertz CT molecular complexity index is 846. The van der Waals surface area contributed by atoms with Gasteiger partial charge in [-0.25, -0.2) is 4.39 Å². The van der Waals surface area contributed by atoms with Crippen LogP contribution in [0, 0.1) is 5.82 Å². The predicted molar refractivity (Wildman–Crippen MR) is 116 cm³/mol. The molecule has 0 radical (unpaired) electrons. The standard InChI is InChI=1S/C19H25F4N5.HI/c1-5-16-14(17(6-2)28(4)27-16)11-26-18(24-3)25-10-12-7-8-13(20)9-15(12)19(21,22)23;/h7-9H,5-6,10-11H2,1-4H3,(H2,24,25,26);1H. The molecule has 10 heteroatoms. The average molecular weight is 527 g/mol. The summed E-state index contributed by atoms with van der Waals surface area (Å²) in [6.45, 7) is 4.38. The van der Waals surface area contributed by atoms with Gasteiger partial charge in [0, 0.05) is 38.4 Å². The van der Waals surface area contributed by atoms with Crippen molar-refractivity contribution in [1.82, 2.24) is 20.4 Å². The van der Waals surface area contributed by atoms with Crippen molar-refractivity contribution in [3.05, 3.63) is 52.1 Å². The van der Waals surface area contributed by atoms with Crippen LogP contribution in [0.3, 0.4) is 0 Å². The highest BCUT2D eigenvalue weighted by Gasteiger charge is 2.33. The molecular weight excluding hydrogens is 501 g/mol. The summed E-state index contributed by atoms with van der Waals surface area (Å²) in [5.74, 6) is -0.570. The van der Waals surface area contributed by atoms with E-state index in [1.807, 2.05) is 25.6 Å². The molecule has 2 rings (SSSR count). The van der Waals surface area contributed by atoms with E-state index in [2.05, 4.69) is 20.7 Å². The molecule has 0 spiro atoms. The Labute approximate surface area is 185 Å². The maximum absolute atomic E-state index is 13.2. The molecule has 1 heterocycles. The second-order valence-corrected chi connectivity index (χ2v) is 6.28. The molecule has 0 bridgehead atoms. The van der Waals surface area contributed by atoms with Gasteiger partial charge in [0.25, 0.3) is 0 Å². The minimum absolute atomic E-state index is 0. The van der Waals surface area contributed by atoms with Gasteiger partial charge in [0.1, 0.15) is 5.82 Å². The van der Waals surface area contributed by atoms with Gasteiger partial charge in [-0.2, -0.15) is 18.3 Å². The number of guanidine groups is 1. The fraction of sp³-hybridized carbons (Fsp3) is 0.474. The van der Waals surface area contributed by atoms with Crippen LogP contribution in [0.15, 0.2) is 23.2 Å². The summed E-state index contributed by atoms with van der Waals surface area (Å²) in [5, 5.41) is 10.5. The van der Waals surface area contributed by atoms with Gasteiger partial charge in [-0.15, -0.1) is 24.0 Å². The van der Waals surface area contributed by atoms with Gasteiger partial charge >= 0.3 is 6.18 Å². The number of aromatic nitrogens is 2. The van der Waals surface area contributed by atoms with Crippen LogP contribution >= 0.6 is 24.0 Å². The van der Waals surface area contributed by atoms with Crippen LogP contribution in [0.1, 0.15) is 41.9 Å². The van der Waals surface area contributed by atoms with Gasteiger partial charge in [-0.3, -0.25) is 9.67 Å². The minimum atomic E-state index is -4.63. The third kappa shape index (κ3) is 6.31. The molecule has 1 aromatic carbocycles. The van der Waals surface area contributed by atoms with Crippen LogP contribution < -0.4 is 10.6 Å². The van der Waals surface area contributed by atoms with Crippen molar-refractivity contribution in [2.75, 3.05) is 7.05 Å². The monoisotopic (exact) mass is 527 g/mol. The fourth-order valence-electron chi connectivity index (χ4n) is 3.13. The molecule has 0 saturated heterocycles. The quantitative estimate of drug-likeness (QED) is 0.257. The summed E-state index contributed by atoms with van der Waals surface area (Å²) in [4.78, 5) is 4.06. The van der Waals surface area contributed by atoms with Crippen LogP contribution in [0.5, 0.6) is 0 Å². The number of aliphatic imine (C=N–C) groups is 1. The molecule has 0 atom stereocenters. The molecule has 2 N–H and O–H groups in total. The lowest BCUT2D eigenvalue weighted by Crippen LogP contribution is -2.37. The van der Waals surface area contributed by atoms with Gasteiger partial charge in [0.15, 0.2) is 5.96 Å². The van der Waals surface area contributed by atoms with E-state index in [0.717, 1.165) is 41.9 Å². The van der Waals surface area contributed by atoms with Crippen molar-refractivity contribution < 1.29 is 17.6 Å². The molecule has 0 saturated carbocycles. The lowest BCUT2D eigenvalue weighted by atomic mass is 10.1. The molecule has 0 unspecified atom stereocenters. The zero-order valence-electron chi connectivity index (χ0n) is 16.8. The van der Waals surface area contributed by atoms with Crippen LogP contribution in [-0.2, 0) is 39.2 Å². The molecule has 29 heavy (non-hydrogen) atoms. The maximum atomic E-state index is 13.2. The van der Waals surface area contributed by atoms with Crippen molar-refractivity contribution in [3.8, 4) is 0 Å².